The SMILES string of the molecule is CC(C)CC(C)(O)CNC(C)C1CCCN(C)C1. The van der Waals surface area contributed by atoms with E-state index in [9.17, 15) is 5.11 Å². The van der Waals surface area contributed by atoms with Gasteiger partial charge in [-0.2, -0.15) is 0 Å². The Bertz CT molecular complexity index is 241. The van der Waals surface area contributed by atoms with Crippen molar-refractivity contribution in [3.05, 3.63) is 0 Å². The molecule has 3 unspecified atom stereocenters. The molecule has 0 aromatic rings. The summed E-state index contributed by atoms with van der Waals surface area (Å²) in [4.78, 5) is 2.42. The van der Waals surface area contributed by atoms with E-state index in [1.165, 1.54) is 25.9 Å². The van der Waals surface area contributed by atoms with Gasteiger partial charge in [0.1, 0.15) is 0 Å². The third kappa shape index (κ3) is 5.68. The second-order valence-electron chi connectivity index (χ2n) is 6.93. The lowest BCUT2D eigenvalue weighted by molar-refractivity contribution is 0.0326. The van der Waals surface area contributed by atoms with Crippen LogP contribution in [0.15, 0.2) is 0 Å². The van der Waals surface area contributed by atoms with E-state index in [0.29, 0.717) is 18.5 Å². The number of aliphatic hydroxyl groups is 1. The highest BCUT2D eigenvalue weighted by Crippen LogP contribution is 2.20. The van der Waals surface area contributed by atoms with Crippen molar-refractivity contribution >= 4 is 0 Å². The quantitative estimate of drug-likeness (QED) is 0.764. The van der Waals surface area contributed by atoms with Gasteiger partial charge in [-0.15, -0.1) is 0 Å². The summed E-state index contributed by atoms with van der Waals surface area (Å²) in [6.07, 6.45) is 3.47. The summed E-state index contributed by atoms with van der Waals surface area (Å²) >= 11 is 0. The first-order chi connectivity index (χ1) is 8.30. The molecule has 0 radical (unpaired) electrons. The summed E-state index contributed by atoms with van der Waals surface area (Å²) in [5, 5.41) is 13.9. The normalized spacial score (nSPS) is 27.2. The first-order valence-corrected chi connectivity index (χ1v) is 7.44. The van der Waals surface area contributed by atoms with E-state index in [4.69, 9.17) is 0 Å². The van der Waals surface area contributed by atoms with Gasteiger partial charge >= 0.3 is 0 Å². The van der Waals surface area contributed by atoms with Crippen molar-refractivity contribution in [2.75, 3.05) is 26.7 Å². The molecule has 18 heavy (non-hydrogen) atoms. The highest BCUT2D eigenvalue weighted by atomic mass is 16.3. The Morgan fingerprint density at radius 1 is 1.39 bits per heavy atom. The average molecular weight is 256 g/mol. The Labute approximate surface area is 113 Å². The first kappa shape index (κ1) is 15.9. The van der Waals surface area contributed by atoms with Crippen molar-refractivity contribution in [1.29, 1.82) is 0 Å². The Morgan fingerprint density at radius 2 is 2.06 bits per heavy atom. The smallest absolute Gasteiger partial charge is 0.0746 e. The van der Waals surface area contributed by atoms with Gasteiger partial charge in [-0.05, 0) is 58.5 Å². The number of nitrogens with zero attached hydrogens (tertiary/aromatic N) is 1. The van der Waals surface area contributed by atoms with Crippen molar-refractivity contribution in [2.24, 2.45) is 11.8 Å². The standard InChI is InChI=1S/C15H32N2O/c1-12(2)9-15(4,18)11-16-13(3)14-7-6-8-17(5)10-14/h12-14,16,18H,6-11H2,1-5H3. The summed E-state index contributed by atoms with van der Waals surface area (Å²) in [5.41, 5.74) is -0.580. The van der Waals surface area contributed by atoms with Crippen LogP contribution in [0.5, 0.6) is 0 Å². The molecule has 3 atom stereocenters. The van der Waals surface area contributed by atoms with E-state index in [1.54, 1.807) is 0 Å². The van der Waals surface area contributed by atoms with Crippen LogP contribution in [0.2, 0.25) is 0 Å². The van der Waals surface area contributed by atoms with E-state index >= 15 is 0 Å². The van der Waals surface area contributed by atoms with Crippen LogP contribution in [0.3, 0.4) is 0 Å². The fourth-order valence-corrected chi connectivity index (χ4v) is 3.11. The van der Waals surface area contributed by atoms with Crippen LogP contribution in [0.25, 0.3) is 0 Å². The molecule has 2 N–H and O–H groups in total. The van der Waals surface area contributed by atoms with Crippen LogP contribution >= 0.6 is 0 Å². The van der Waals surface area contributed by atoms with Gasteiger partial charge in [0.2, 0.25) is 0 Å². The molecule has 0 saturated carbocycles. The van der Waals surface area contributed by atoms with E-state index in [-0.39, 0.29) is 0 Å². The molecule has 3 heteroatoms. The van der Waals surface area contributed by atoms with Crippen LogP contribution in [-0.2, 0) is 0 Å². The second-order valence-corrected chi connectivity index (χ2v) is 6.93. The van der Waals surface area contributed by atoms with Crippen molar-refractivity contribution in [2.45, 2.75) is 58.6 Å². The molecule has 108 valence electrons. The summed E-state index contributed by atoms with van der Waals surface area (Å²) in [6.45, 7) is 11.6. The van der Waals surface area contributed by atoms with Crippen molar-refractivity contribution in [1.82, 2.24) is 10.2 Å². The molecular formula is C15H32N2O. The van der Waals surface area contributed by atoms with Crippen LogP contribution in [-0.4, -0.2) is 48.3 Å². The molecule has 1 fully saturated rings. The number of piperidine rings is 1. The lowest BCUT2D eigenvalue weighted by Gasteiger charge is -2.35. The van der Waals surface area contributed by atoms with Gasteiger partial charge in [-0.1, -0.05) is 13.8 Å². The minimum Gasteiger partial charge on any atom is -0.389 e. The maximum absolute atomic E-state index is 10.3. The fraction of sp³-hybridized carbons (Fsp3) is 1.00. The number of hydrogen-bond acceptors (Lipinski definition) is 3. The molecule has 0 aliphatic carbocycles. The van der Waals surface area contributed by atoms with E-state index in [1.807, 2.05) is 6.92 Å². The topological polar surface area (TPSA) is 35.5 Å². The Kier molecular flexibility index (Phi) is 6.09. The van der Waals surface area contributed by atoms with E-state index < -0.39 is 5.60 Å². The van der Waals surface area contributed by atoms with Gasteiger partial charge in [0.25, 0.3) is 0 Å². The Balaban J connectivity index is 2.33. The summed E-state index contributed by atoms with van der Waals surface area (Å²) in [7, 11) is 2.20. The third-order valence-corrected chi connectivity index (χ3v) is 4.02. The van der Waals surface area contributed by atoms with Crippen LogP contribution < -0.4 is 5.32 Å². The molecular weight excluding hydrogens is 224 g/mol. The van der Waals surface area contributed by atoms with Crippen LogP contribution in [0.1, 0.15) is 47.0 Å². The second kappa shape index (κ2) is 6.88. The van der Waals surface area contributed by atoms with Crippen molar-refractivity contribution in [3.63, 3.8) is 0 Å². The predicted octanol–water partition coefficient (Wildman–Crippen LogP) is 2.10. The molecule has 1 aliphatic heterocycles. The highest BCUT2D eigenvalue weighted by molar-refractivity contribution is 4.83. The molecule has 0 aromatic heterocycles. The highest BCUT2D eigenvalue weighted by Gasteiger charge is 2.26. The minimum absolute atomic E-state index is 0.492. The van der Waals surface area contributed by atoms with Gasteiger partial charge in [0.05, 0.1) is 5.60 Å². The van der Waals surface area contributed by atoms with Gasteiger partial charge in [-0.3, -0.25) is 0 Å². The van der Waals surface area contributed by atoms with Gasteiger partial charge in [0, 0.05) is 19.1 Å². The summed E-state index contributed by atoms with van der Waals surface area (Å²) < 4.78 is 0. The monoisotopic (exact) mass is 256 g/mol. The molecule has 0 aromatic carbocycles. The fourth-order valence-electron chi connectivity index (χ4n) is 3.11. The van der Waals surface area contributed by atoms with Crippen LogP contribution in [0.4, 0.5) is 0 Å². The van der Waals surface area contributed by atoms with E-state index in [0.717, 1.165) is 12.3 Å². The zero-order valence-corrected chi connectivity index (χ0v) is 12.9. The number of rotatable bonds is 6. The minimum atomic E-state index is -0.580. The molecule has 1 aliphatic rings. The zero-order valence-electron chi connectivity index (χ0n) is 12.9. The van der Waals surface area contributed by atoms with Gasteiger partial charge in [0.15, 0.2) is 0 Å². The van der Waals surface area contributed by atoms with Crippen molar-refractivity contribution < 1.29 is 5.11 Å². The lowest BCUT2D eigenvalue weighted by Crippen LogP contribution is -2.48. The maximum Gasteiger partial charge on any atom is 0.0746 e. The molecule has 3 nitrogen and oxygen atoms in total. The number of nitrogens with one attached hydrogen (secondary N) is 1. The first-order valence-electron chi connectivity index (χ1n) is 7.44. The molecule has 1 rings (SSSR count). The molecule has 1 saturated heterocycles. The summed E-state index contributed by atoms with van der Waals surface area (Å²) in [5.74, 6) is 1.26. The zero-order chi connectivity index (χ0) is 13.8. The Hall–Kier alpha value is -0.120. The van der Waals surface area contributed by atoms with Crippen LogP contribution in [0, 0.1) is 11.8 Å². The molecule has 1 heterocycles. The van der Waals surface area contributed by atoms with Crippen molar-refractivity contribution in [3.8, 4) is 0 Å². The lowest BCUT2D eigenvalue weighted by atomic mass is 9.90. The number of likely N-dealkylation sites (tertiary alicyclic amines) is 1. The van der Waals surface area contributed by atoms with E-state index in [2.05, 4.69) is 38.0 Å². The van der Waals surface area contributed by atoms with Gasteiger partial charge in [-0.25, -0.2) is 0 Å². The third-order valence-electron chi connectivity index (χ3n) is 4.02. The van der Waals surface area contributed by atoms with Gasteiger partial charge < -0.3 is 15.3 Å². The summed E-state index contributed by atoms with van der Waals surface area (Å²) in [6, 6.07) is 0.492. The largest absolute Gasteiger partial charge is 0.389 e. The maximum atomic E-state index is 10.3. The average Bonchev–Trinajstić information content (AvgIpc) is 2.24. The molecule has 0 amide bonds. The molecule has 0 spiro atoms. The molecule has 0 bridgehead atoms. The Morgan fingerprint density at radius 3 is 2.61 bits per heavy atom. The predicted molar refractivity (Wildman–Crippen MR) is 77.8 cm³/mol. The number of hydrogen-bond donors (Lipinski definition) is 2.